The number of rotatable bonds is 3. The average molecular weight is 339 g/mol. The van der Waals surface area contributed by atoms with Crippen LogP contribution in [0.4, 0.5) is 5.69 Å². The number of aryl methyl sites for hydroxylation is 1. The molecule has 25 heavy (non-hydrogen) atoms. The molecule has 2 heterocycles. The Hall–Kier alpha value is -2.70. The number of carbonyl (C=O) groups excluding carboxylic acids is 1. The van der Waals surface area contributed by atoms with E-state index < -0.39 is 29.9 Å². The fourth-order valence-corrected chi connectivity index (χ4v) is 3.30. The van der Waals surface area contributed by atoms with Gasteiger partial charge in [-0.2, -0.15) is 0 Å². The first-order valence-electron chi connectivity index (χ1n) is 8.02. The first kappa shape index (κ1) is 15.8. The Morgan fingerprint density at radius 2 is 1.80 bits per heavy atom. The van der Waals surface area contributed by atoms with Crippen LogP contribution in [0.3, 0.4) is 0 Å². The molecule has 2 aromatic rings. The predicted octanol–water partition coefficient (Wildman–Crippen LogP) is 2.06. The Bertz CT molecular complexity index is 819. The van der Waals surface area contributed by atoms with Crippen LogP contribution >= 0.6 is 0 Å². The molecule has 128 valence electrons. The van der Waals surface area contributed by atoms with Crippen LogP contribution in [0, 0.1) is 6.92 Å². The normalized spacial score (nSPS) is 28.2. The molecule has 0 saturated carbocycles. The molecule has 2 aliphatic heterocycles. The number of amides is 1. The highest BCUT2D eigenvalue weighted by molar-refractivity contribution is 6.01. The standard InChI is InChI=1S/C19H17NO5/c1-12-7-9-14(10-8-12)20-11-19(13-5-3-2-4-6-13)24-15(17(20)21)16(25-19)18(22)23/h2-10,15-16H,11H2,1H3,(H,22,23)/t15-,16-,19-/m1/s1. The average Bonchev–Trinajstić information content (AvgIpc) is 2.97. The highest BCUT2D eigenvalue weighted by atomic mass is 16.8. The van der Waals surface area contributed by atoms with Gasteiger partial charge in [-0.15, -0.1) is 0 Å². The molecular formula is C19H17NO5. The molecule has 0 radical (unpaired) electrons. The van der Waals surface area contributed by atoms with Crippen molar-refractivity contribution in [3.05, 3.63) is 65.7 Å². The van der Waals surface area contributed by atoms with Crippen LogP contribution in [-0.4, -0.2) is 35.7 Å². The number of carbonyl (C=O) groups is 2. The van der Waals surface area contributed by atoms with Gasteiger partial charge in [-0.3, -0.25) is 4.79 Å². The predicted molar refractivity (Wildman–Crippen MR) is 89.0 cm³/mol. The molecule has 2 saturated heterocycles. The number of anilines is 1. The lowest BCUT2D eigenvalue weighted by molar-refractivity contribution is -0.193. The number of carboxylic acid groups (broad SMARTS) is 1. The van der Waals surface area contributed by atoms with Crippen molar-refractivity contribution in [2.45, 2.75) is 24.9 Å². The summed E-state index contributed by atoms with van der Waals surface area (Å²) in [6.45, 7) is 2.06. The lowest BCUT2D eigenvalue weighted by Crippen LogP contribution is -2.54. The van der Waals surface area contributed by atoms with Crippen molar-refractivity contribution in [1.82, 2.24) is 0 Å². The minimum atomic E-state index is -1.33. The quantitative estimate of drug-likeness (QED) is 0.926. The largest absolute Gasteiger partial charge is 0.479 e. The molecule has 0 aliphatic carbocycles. The van der Waals surface area contributed by atoms with Crippen molar-refractivity contribution in [3.8, 4) is 0 Å². The van der Waals surface area contributed by atoms with E-state index in [0.717, 1.165) is 5.56 Å². The van der Waals surface area contributed by atoms with E-state index in [1.807, 2.05) is 61.5 Å². The van der Waals surface area contributed by atoms with E-state index >= 15 is 0 Å². The van der Waals surface area contributed by atoms with Crippen molar-refractivity contribution in [2.75, 3.05) is 11.4 Å². The van der Waals surface area contributed by atoms with Crippen LogP contribution < -0.4 is 4.90 Å². The fraction of sp³-hybridized carbons (Fsp3) is 0.263. The number of nitrogens with zero attached hydrogens (tertiary/aromatic N) is 1. The van der Waals surface area contributed by atoms with Gasteiger partial charge in [0.1, 0.15) is 0 Å². The third kappa shape index (κ3) is 2.50. The van der Waals surface area contributed by atoms with E-state index in [4.69, 9.17) is 9.47 Å². The maximum absolute atomic E-state index is 12.8. The molecule has 2 aromatic carbocycles. The number of hydrogen-bond donors (Lipinski definition) is 1. The van der Waals surface area contributed by atoms with Gasteiger partial charge in [0.05, 0.1) is 6.54 Å². The number of fused-ring (bicyclic) bond motifs is 2. The summed E-state index contributed by atoms with van der Waals surface area (Å²) in [5.41, 5.74) is 2.46. The number of benzene rings is 2. The highest BCUT2D eigenvalue weighted by Crippen LogP contribution is 2.43. The maximum atomic E-state index is 12.8. The number of ether oxygens (including phenoxy) is 2. The van der Waals surface area contributed by atoms with Gasteiger partial charge >= 0.3 is 5.97 Å². The maximum Gasteiger partial charge on any atom is 0.336 e. The van der Waals surface area contributed by atoms with Crippen LogP contribution in [0.5, 0.6) is 0 Å². The minimum absolute atomic E-state index is 0.0964. The molecule has 6 heteroatoms. The molecule has 3 atom stereocenters. The molecule has 1 amide bonds. The van der Waals surface area contributed by atoms with Crippen LogP contribution in [0.15, 0.2) is 54.6 Å². The first-order chi connectivity index (χ1) is 12.0. The topological polar surface area (TPSA) is 76.1 Å². The Labute approximate surface area is 144 Å². The number of hydrogen-bond acceptors (Lipinski definition) is 4. The SMILES string of the molecule is Cc1ccc(N2C[C@]3(c4ccccc4)O[C@@H](C(=O)O)[C@@H](O3)C2=O)cc1. The molecule has 0 aromatic heterocycles. The van der Waals surface area contributed by atoms with E-state index in [2.05, 4.69) is 0 Å². The smallest absolute Gasteiger partial charge is 0.336 e. The summed E-state index contributed by atoms with van der Waals surface area (Å²) in [6.07, 6.45) is -2.50. The van der Waals surface area contributed by atoms with Crippen LogP contribution in [0.1, 0.15) is 11.1 Å². The van der Waals surface area contributed by atoms with Crippen LogP contribution in [0.2, 0.25) is 0 Å². The molecule has 6 nitrogen and oxygen atoms in total. The zero-order valence-electron chi connectivity index (χ0n) is 13.6. The molecule has 2 fully saturated rings. The molecule has 0 spiro atoms. The first-order valence-corrected chi connectivity index (χ1v) is 8.02. The summed E-state index contributed by atoms with van der Waals surface area (Å²) in [6, 6.07) is 16.6. The van der Waals surface area contributed by atoms with Crippen LogP contribution in [0.25, 0.3) is 0 Å². The van der Waals surface area contributed by atoms with Gasteiger partial charge in [0, 0.05) is 11.3 Å². The number of morpholine rings is 1. The monoisotopic (exact) mass is 339 g/mol. The van der Waals surface area contributed by atoms with E-state index in [-0.39, 0.29) is 6.54 Å². The van der Waals surface area contributed by atoms with Gasteiger partial charge in [-0.1, -0.05) is 48.0 Å². The summed E-state index contributed by atoms with van der Waals surface area (Å²) < 4.78 is 11.6. The van der Waals surface area contributed by atoms with Crippen molar-refractivity contribution in [3.63, 3.8) is 0 Å². The van der Waals surface area contributed by atoms with E-state index in [1.165, 1.54) is 0 Å². The third-order valence-corrected chi connectivity index (χ3v) is 4.59. The van der Waals surface area contributed by atoms with Gasteiger partial charge in [0.2, 0.25) is 5.79 Å². The van der Waals surface area contributed by atoms with Gasteiger partial charge < -0.3 is 19.5 Å². The fourth-order valence-electron chi connectivity index (χ4n) is 3.30. The highest BCUT2D eigenvalue weighted by Gasteiger charge is 2.60. The van der Waals surface area contributed by atoms with Gasteiger partial charge in [0.15, 0.2) is 12.2 Å². The molecule has 1 N–H and O–H groups in total. The summed E-state index contributed by atoms with van der Waals surface area (Å²) >= 11 is 0. The molecular weight excluding hydrogens is 322 g/mol. The molecule has 0 unspecified atom stereocenters. The Morgan fingerprint density at radius 3 is 2.44 bits per heavy atom. The van der Waals surface area contributed by atoms with Gasteiger partial charge in [-0.05, 0) is 19.1 Å². The second-order valence-electron chi connectivity index (χ2n) is 6.29. The number of carboxylic acids is 1. The Balaban J connectivity index is 1.79. The second kappa shape index (κ2) is 5.68. The third-order valence-electron chi connectivity index (χ3n) is 4.59. The molecule has 2 aliphatic rings. The Morgan fingerprint density at radius 1 is 1.12 bits per heavy atom. The zero-order chi connectivity index (χ0) is 17.6. The minimum Gasteiger partial charge on any atom is -0.479 e. The Kier molecular flexibility index (Phi) is 3.59. The second-order valence-corrected chi connectivity index (χ2v) is 6.29. The summed E-state index contributed by atoms with van der Waals surface area (Å²) in [5, 5.41) is 9.46. The van der Waals surface area contributed by atoms with E-state index in [9.17, 15) is 14.7 Å². The lowest BCUT2D eigenvalue weighted by Gasteiger charge is -2.38. The zero-order valence-corrected chi connectivity index (χ0v) is 13.6. The van der Waals surface area contributed by atoms with Crippen LogP contribution in [-0.2, 0) is 24.8 Å². The van der Waals surface area contributed by atoms with Gasteiger partial charge in [0.25, 0.3) is 5.91 Å². The van der Waals surface area contributed by atoms with Crippen molar-refractivity contribution in [2.24, 2.45) is 0 Å². The summed E-state index contributed by atoms with van der Waals surface area (Å²) in [7, 11) is 0. The van der Waals surface area contributed by atoms with Crippen molar-refractivity contribution < 1.29 is 24.2 Å². The summed E-state index contributed by atoms with van der Waals surface area (Å²) in [5.74, 6) is -2.89. The molecule has 4 rings (SSSR count). The van der Waals surface area contributed by atoms with E-state index in [1.54, 1.807) is 4.90 Å². The number of aliphatic carboxylic acids is 1. The van der Waals surface area contributed by atoms with Crippen molar-refractivity contribution >= 4 is 17.6 Å². The lowest BCUT2D eigenvalue weighted by atomic mass is 10.0. The van der Waals surface area contributed by atoms with E-state index in [0.29, 0.717) is 11.3 Å². The molecule has 2 bridgehead atoms. The van der Waals surface area contributed by atoms with Crippen molar-refractivity contribution in [1.29, 1.82) is 0 Å². The summed E-state index contributed by atoms with van der Waals surface area (Å²) in [4.78, 5) is 25.9. The van der Waals surface area contributed by atoms with Gasteiger partial charge in [-0.25, -0.2) is 4.79 Å².